The second-order valence-corrected chi connectivity index (χ2v) is 6.88. The molecule has 0 bridgehead atoms. The van der Waals surface area contributed by atoms with Crippen LogP contribution in [0.1, 0.15) is 27.2 Å². The standard InChI is InChI=1S/C16H23NO4S/c1-10(2)9-14(16(19)20)17-15(18)11(3)22-13-7-5-12(21-4)6-8-13/h5-8,10-11,14H,9H2,1-4H3,(H,17,18)(H,19,20). The van der Waals surface area contributed by atoms with Crippen molar-refractivity contribution >= 4 is 23.6 Å². The van der Waals surface area contributed by atoms with Gasteiger partial charge in [0.25, 0.3) is 0 Å². The average Bonchev–Trinajstić information content (AvgIpc) is 2.46. The van der Waals surface area contributed by atoms with Gasteiger partial charge in [0.2, 0.25) is 5.91 Å². The number of rotatable bonds is 8. The molecule has 1 amide bonds. The average molecular weight is 325 g/mol. The zero-order valence-electron chi connectivity index (χ0n) is 13.3. The van der Waals surface area contributed by atoms with Crippen molar-refractivity contribution in [3.05, 3.63) is 24.3 Å². The highest BCUT2D eigenvalue weighted by atomic mass is 32.2. The first kappa shape index (κ1) is 18.4. The highest BCUT2D eigenvalue weighted by molar-refractivity contribution is 8.00. The van der Waals surface area contributed by atoms with Crippen molar-refractivity contribution in [3.63, 3.8) is 0 Å². The molecule has 0 aromatic heterocycles. The summed E-state index contributed by atoms with van der Waals surface area (Å²) in [7, 11) is 1.60. The fourth-order valence-electron chi connectivity index (χ4n) is 1.89. The number of amides is 1. The van der Waals surface area contributed by atoms with Gasteiger partial charge in [-0.2, -0.15) is 0 Å². The SMILES string of the molecule is COc1ccc(SC(C)C(=O)NC(CC(C)C)C(=O)O)cc1. The Kier molecular flexibility index (Phi) is 7.24. The molecule has 22 heavy (non-hydrogen) atoms. The lowest BCUT2D eigenvalue weighted by molar-refractivity contribution is -0.142. The number of hydrogen-bond acceptors (Lipinski definition) is 4. The van der Waals surface area contributed by atoms with Gasteiger partial charge in [0.1, 0.15) is 11.8 Å². The minimum absolute atomic E-state index is 0.200. The maximum Gasteiger partial charge on any atom is 0.326 e. The number of ether oxygens (including phenoxy) is 1. The summed E-state index contributed by atoms with van der Waals surface area (Å²) in [6.07, 6.45) is 0.418. The van der Waals surface area contributed by atoms with Gasteiger partial charge in [0, 0.05) is 4.90 Å². The summed E-state index contributed by atoms with van der Waals surface area (Å²) in [6.45, 7) is 5.62. The van der Waals surface area contributed by atoms with E-state index in [1.54, 1.807) is 14.0 Å². The topological polar surface area (TPSA) is 75.6 Å². The third-order valence-corrected chi connectivity index (χ3v) is 4.18. The minimum Gasteiger partial charge on any atom is -0.497 e. The Morgan fingerprint density at radius 1 is 1.23 bits per heavy atom. The van der Waals surface area contributed by atoms with E-state index >= 15 is 0 Å². The minimum atomic E-state index is -0.997. The zero-order chi connectivity index (χ0) is 16.7. The lowest BCUT2D eigenvalue weighted by Crippen LogP contribution is -2.44. The Morgan fingerprint density at radius 3 is 2.27 bits per heavy atom. The third-order valence-electron chi connectivity index (χ3n) is 3.06. The number of carbonyl (C=O) groups excluding carboxylic acids is 1. The Labute approximate surface area is 135 Å². The van der Waals surface area contributed by atoms with Gasteiger partial charge in [0.05, 0.1) is 12.4 Å². The normalized spacial score (nSPS) is 13.5. The van der Waals surface area contributed by atoms with Gasteiger partial charge < -0.3 is 15.2 Å². The number of carboxylic acid groups (broad SMARTS) is 1. The van der Waals surface area contributed by atoms with E-state index in [2.05, 4.69) is 5.32 Å². The molecule has 0 aliphatic heterocycles. The van der Waals surface area contributed by atoms with E-state index < -0.39 is 12.0 Å². The second-order valence-electron chi connectivity index (χ2n) is 5.46. The monoisotopic (exact) mass is 325 g/mol. The first-order valence-corrected chi connectivity index (χ1v) is 8.05. The van der Waals surface area contributed by atoms with Crippen LogP contribution in [-0.2, 0) is 9.59 Å². The second kappa shape index (κ2) is 8.68. The van der Waals surface area contributed by atoms with Crippen LogP contribution < -0.4 is 10.1 Å². The maximum atomic E-state index is 12.1. The van der Waals surface area contributed by atoms with Gasteiger partial charge in [-0.25, -0.2) is 4.79 Å². The van der Waals surface area contributed by atoms with Gasteiger partial charge in [0.15, 0.2) is 0 Å². The summed E-state index contributed by atoms with van der Waals surface area (Å²) in [5.41, 5.74) is 0. The molecule has 2 atom stereocenters. The molecule has 0 saturated carbocycles. The molecule has 1 aromatic rings. The summed E-state index contributed by atoms with van der Waals surface area (Å²) in [6, 6.07) is 6.55. The Bertz CT molecular complexity index is 501. The smallest absolute Gasteiger partial charge is 0.326 e. The van der Waals surface area contributed by atoms with Crippen molar-refractivity contribution in [1.82, 2.24) is 5.32 Å². The quantitative estimate of drug-likeness (QED) is 0.719. The summed E-state index contributed by atoms with van der Waals surface area (Å²) in [4.78, 5) is 24.3. The van der Waals surface area contributed by atoms with Crippen LogP contribution in [0.25, 0.3) is 0 Å². The van der Waals surface area contributed by atoms with E-state index in [0.717, 1.165) is 10.6 Å². The van der Waals surface area contributed by atoms with E-state index in [1.165, 1.54) is 11.8 Å². The molecular weight excluding hydrogens is 302 g/mol. The third kappa shape index (κ3) is 5.97. The molecule has 5 nitrogen and oxygen atoms in total. The molecule has 0 saturated heterocycles. The van der Waals surface area contributed by atoms with Crippen molar-refractivity contribution < 1.29 is 19.4 Å². The predicted octanol–water partition coefficient (Wildman–Crippen LogP) is 2.79. The Hall–Kier alpha value is -1.69. The molecular formula is C16H23NO4S. The molecule has 0 radical (unpaired) electrons. The van der Waals surface area contributed by atoms with Crippen LogP contribution in [0.15, 0.2) is 29.2 Å². The first-order chi connectivity index (χ1) is 10.3. The summed E-state index contributed by atoms with van der Waals surface area (Å²) in [5.74, 6) is -0.312. The Morgan fingerprint density at radius 2 is 1.82 bits per heavy atom. The van der Waals surface area contributed by atoms with Crippen molar-refractivity contribution in [2.24, 2.45) is 5.92 Å². The fraction of sp³-hybridized carbons (Fsp3) is 0.500. The van der Waals surface area contributed by atoms with Crippen LogP contribution >= 0.6 is 11.8 Å². The summed E-state index contributed by atoms with van der Waals surface area (Å²) in [5, 5.41) is 11.4. The highest BCUT2D eigenvalue weighted by Gasteiger charge is 2.24. The predicted molar refractivity (Wildman–Crippen MR) is 87.3 cm³/mol. The molecule has 0 heterocycles. The molecule has 2 unspecified atom stereocenters. The number of carbonyl (C=O) groups is 2. The lowest BCUT2D eigenvalue weighted by atomic mass is 10.0. The number of benzene rings is 1. The molecule has 0 aliphatic carbocycles. The van der Waals surface area contributed by atoms with Gasteiger partial charge >= 0.3 is 5.97 Å². The van der Waals surface area contributed by atoms with Gasteiger partial charge in [-0.15, -0.1) is 11.8 Å². The van der Waals surface area contributed by atoms with E-state index in [-0.39, 0.29) is 17.1 Å². The molecule has 0 spiro atoms. The molecule has 1 rings (SSSR count). The zero-order valence-corrected chi connectivity index (χ0v) is 14.1. The van der Waals surface area contributed by atoms with Crippen LogP contribution in [0.4, 0.5) is 0 Å². The maximum absolute atomic E-state index is 12.1. The van der Waals surface area contributed by atoms with Crippen molar-refractivity contribution in [2.45, 2.75) is 43.4 Å². The molecule has 0 fully saturated rings. The van der Waals surface area contributed by atoms with E-state index in [1.807, 2.05) is 38.1 Å². The molecule has 1 aromatic carbocycles. The fourth-order valence-corrected chi connectivity index (χ4v) is 2.77. The number of hydrogen-bond donors (Lipinski definition) is 2. The summed E-state index contributed by atoms with van der Waals surface area (Å²) < 4.78 is 5.08. The van der Waals surface area contributed by atoms with Crippen LogP contribution in [0.3, 0.4) is 0 Å². The Balaban J connectivity index is 2.61. The van der Waals surface area contributed by atoms with Crippen molar-refractivity contribution in [3.8, 4) is 5.75 Å². The van der Waals surface area contributed by atoms with E-state index in [0.29, 0.717) is 6.42 Å². The largest absolute Gasteiger partial charge is 0.497 e. The van der Waals surface area contributed by atoms with Crippen LogP contribution in [0.5, 0.6) is 5.75 Å². The van der Waals surface area contributed by atoms with Crippen molar-refractivity contribution in [2.75, 3.05) is 7.11 Å². The molecule has 122 valence electrons. The number of aliphatic carboxylic acids is 1. The van der Waals surface area contributed by atoms with Gasteiger partial charge in [-0.05, 0) is 43.5 Å². The molecule has 0 aliphatic rings. The highest BCUT2D eigenvalue weighted by Crippen LogP contribution is 2.25. The first-order valence-electron chi connectivity index (χ1n) is 7.17. The molecule has 2 N–H and O–H groups in total. The molecule has 6 heteroatoms. The number of thioether (sulfide) groups is 1. The number of methoxy groups -OCH3 is 1. The van der Waals surface area contributed by atoms with Crippen molar-refractivity contribution in [1.29, 1.82) is 0 Å². The summed E-state index contributed by atoms with van der Waals surface area (Å²) >= 11 is 1.38. The van der Waals surface area contributed by atoms with E-state index in [9.17, 15) is 9.59 Å². The number of carboxylic acids is 1. The van der Waals surface area contributed by atoms with E-state index in [4.69, 9.17) is 9.84 Å². The lowest BCUT2D eigenvalue weighted by Gasteiger charge is -2.19. The van der Waals surface area contributed by atoms with Gasteiger partial charge in [-0.1, -0.05) is 13.8 Å². The number of nitrogens with one attached hydrogen (secondary N) is 1. The van der Waals surface area contributed by atoms with Crippen LogP contribution in [0, 0.1) is 5.92 Å². The van der Waals surface area contributed by atoms with Gasteiger partial charge in [-0.3, -0.25) is 4.79 Å². The van der Waals surface area contributed by atoms with Crippen LogP contribution in [-0.4, -0.2) is 35.4 Å². The van der Waals surface area contributed by atoms with Crippen LogP contribution in [0.2, 0.25) is 0 Å².